The van der Waals surface area contributed by atoms with E-state index in [1.54, 1.807) is 6.21 Å². The van der Waals surface area contributed by atoms with Gasteiger partial charge in [-0.05, 0) is 57.6 Å². The Morgan fingerprint density at radius 2 is 1.49 bits per heavy atom. The molecule has 0 aliphatic rings. The first kappa shape index (κ1) is 28.4. The summed E-state index contributed by atoms with van der Waals surface area (Å²) < 4.78 is 2.01. The number of benzene rings is 5. The van der Waals surface area contributed by atoms with E-state index in [9.17, 15) is 4.79 Å². The van der Waals surface area contributed by atoms with Crippen molar-refractivity contribution in [2.75, 3.05) is 5.75 Å². The van der Waals surface area contributed by atoms with E-state index >= 15 is 0 Å². The van der Waals surface area contributed by atoms with Crippen LogP contribution in [0.4, 0.5) is 0 Å². The molecule has 5 aromatic carbocycles. The standard InChI is InChI=1S/C36H33N5OS/c1-24-13-19-29(20-14-24)41-34(25-15-17-28(18-16-25)36(2,3)4)39-40-35(41)43-23-33(42)38-37-22-32-30-11-7-5-9-26(30)21-27-10-6-8-12-31(27)32/h5-22H,23H2,1-4H3,(H,38,42)/b37-22-. The molecule has 0 aliphatic heterocycles. The lowest BCUT2D eigenvalue weighted by Gasteiger charge is -2.19. The molecule has 0 spiro atoms. The molecule has 6 nitrogen and oxygen atoms in total. The second-order valence-electron chi connectivity index (χ2n) is 11.6. The normalized spacial score (nSPS) is 11.9. The molecule has 0 bridgehead atoms. The molecule has 1 heterocycles. The summed E-state index contributed by atoms with van der Waals surface area (Å²) in [5.41, 5.74) is 8.06. The van der Waals surface area contributed by atoms with Crippen molar-refractivity contribution in [2.24, 2.45) is 5.10 Å². The van der Waals surface area contributed by atoms with Crippen LogP contribution in [0.5, 0.6) is 0 Å². The van der Waals surface area contributed by atoms with Crippen LogP contribution in [-0.2, 0) is 10.2 Å². The number of aryl methyl sites for hydroxylation is 1. The minimum absolute atomic E-state index is 0.0563. The SMILES string of the molecule is Cc1ccc(-n2c(SCC(=O)N/N=C\c3c4ccccc4cc4ccccc34)nnc2-c2ccc(C(C)(C)C)cc2)cc1. The van der Waals surface area contributed by atoms with Gasteiger partial charge in [-0.15, -0.1) is 10.2 Å². The molecule has 0 saturated carbocycles. The van der Waals surface area contributed by atoms with Gasteiger partial charge < -0.3 is 0 Å². The lowest BCUT2D eigenvalue weighted by Crippen LogP contribution is -2.20. The van der Waals surface area contributed by atoms with Gasteiger partial charge >= 0.3 is 0 Å². The van der Waals surface area contributed by atoms with Crippen molar-refractivity contribution in [1.82, 2.24) is 20.2 Å². The molecular weight excluding hydrogens is 550 g/mol. The van der Waals surface area contributed by atoms with E-state index in [0.717, 1.165) is 44.2 Å². The predicted octanol–water partition coefficient (Wildman–Crippen LogP) is 8.09. The summed E-state index contributed by atoms with van der Waals surface area (Å²) in [6, 6.07) is 35.3. The van der Waals surface area contributed by atoms with E-state index in [4.69, 9.17) is 0 Å². The maximum Gasteiger partial charge on any atom is 0.250 e. The number of nitrogens with one attached hydrogen (secondary N) is 1. The Balaban J connectivity index is 1.23. The quantitative estimate of drug-likeness (QED) is 0.0892. The fourth-order valence-electron chi connectivity index (χ4n) is 5.12. The van der Waals surface area contributed by atoms with Crippen LogP contribution in [0.1, 0.15) is 37.5 Å². The van der Waals surface area contributed by atoms with Crippen molar-refractivity contribution in [3.8, 4) is 17.1 Å². The van der Waals surface area contributed by atoms with Crippen molar-refractivity contribution >= 4 is 45.4 Å². The first-order valence-electron chi connectivity index (χ1n) is 14.3. The van der Waals surface area contributed by atoms with Crippen molar-refractivity contribution < 1.29 is 4.79 Å². The Bertz CT molecular complexity index is 1900. The third kappa shape index (κ3) is 6.08. The summed E-state index contributed by atoms with van der Waals surface area (Å²) in [4.78, 5) is 12.9. The Labute approximate surface area is 255 Å². The van der Waals surface area contributed by atoms with Crippen LogP contribution in [0, 0.1) is 6.92 Å². The van der Waals surface area contributed by atoms with E-state index in [1.807, 2.05) is 28.8 Å². The predicted molar refractivity (Wildman–Crippen MR) is 178 cm³/mol. The smallest absolute Gasteiger partial charge is 0.250 e. The number of hydrogen-bond acceptors (Lipinski definition) is 5. The minimum Gasteiger partial charge on any atom is -0.272 e. The molecule has 1 amide bonds. The van der Waals surface area contributed by atoms with E-state index in [-0.39, 0.29) is 17.1 Å². The van der Waals surface area contributed by atoms with Gasteiger partial charge in [-0.3, -0.25) is 9.36 Å². The van der Waals surface area contributed by atoms with Gasteiger partial charge in [0.2, 0.25) is 0 Å². The molecule has 0 saturated heterocycles. The molecule has 0 aliphatic carbocycles. The largest absolute Gasteiger partial charge is 0.272 e. The third-order valence-corrected chi connectivity index (χ3v) is 8.39. The highest BCUT2D eigenvalue weighted by atomic mass is 32.2. The van der Waals surface area contributed by atoms with Crippen LogP contribution in [0.3, 0.4) is 0 Å². The Hall–Kier alpha value is -4.75. The van der Waals surface area contributed by atoms with E-state index in [2.05, 4.69) is 127 Å². The molecule has 0 fully saturated rings. The number of hydrazone groups is 1. The summed E-state index contributed by atoms with van der Waals surface area (Å²) in [7, 11) is 0. The summed E-state index contributed by atoms with van der Waals surface area (Å²) in [6.45, 7) is 8.66. The van der Waals surface area contributed by atoms with Gasteiger partial charge in [-0.25, -0.2) is 5.43 Å². The first-order valence-corrected chi connectivity index (χ1v) is 15.2. The molecule has 1 N–H and O–H groups in total. The topological polar surface area (TPSA) is 72.2 Å². The van der Waals surface area contributed by atoms with Crippen LogP contribution < -0.4 is 5.43 Å². The number of thioether (sulfide) groups is 1. The maximum atomic E-state index is 12.9. The molecule has 6 aromatic rings. The number of carbonyl (C=O) groups excluding carboxylic acids is 1. The second-order valence-corrected chi connectivity index (χ2v) is 12.6. The zero-order valence-corrected chi connectivity index (χ0v) is 25.5. The lowest BCUT2D eigenvalue weighted by molar-refractivity contribution is -0.118. The average molecular weight is 584 g/mol. The second kappa shape index (κ2) is 11.9. The van der Waals surface area contributed by atoms with E-state index in [0.29, 0.717) is 5.16 Å². The van der Waals surface area contributed by atoms with Crippen molar-refractivity contribution in [2.45, 2.75) is 38.3 Å². The first-order chi connectivity index (χ1) is 20.8. The molecule has 7 heteroatoms. The summed E-state index contributed by atoms with van der Waals surface area (Å²) in [6.07, 6.45) is 1.74. The van der Waals surface area contributed by atoms with Gasteiger partial charge in [-0.2, -0.15) is 5.10 Å². The fraction of sp³-hybridized carbons (Fsp3) is 0.167. The van der Waals surface area contributed by atoms with Gasteiger partial charge in [0.25, 0.3) is 5.91 Å². The van der Waals surface area contributed by atoms with Gasteiger partial charge in [0.05, 0.1) is 12.0 Å². The maximum absolute atomic E-state index is 12.9. The number of aromatic nitrogens is 3. The summed E-state index contributed by atoms with van der Waals surface area (Å²) in [5.74, 6) is 0.647. The molecule has 1 aromatic heterocycles. The van der Waals surface area contributed by atoms with Gasteiger partial charge in [0, 0.05) is 16.8 Å². The van der Waals surface area contributed by atoms with Crippen LogP contribution in [0.25, 0.3) is 38.6 Å². The van der Waals surface area contributed by atoms with Gasteiger partial charge in [-0.1, -0.05) is 123 Å². The van der Waals surface area contributed by atoms with Crippen molar-refractivity contribution in [3.63, 3.8) is 0 Å². The molecule has 0 atom stereocenters. The monoisotopic (exact) mass is 583 g/mol. The zero-order chi connectivity index (χ0) is 30.0. The van der Waals surface area contributed by atoms with Crippen LogP contribution in [-0.4, -0.2) is 32.6 Å². The average Bonchev–Trinajstić information content (AvgIpc) is 3.43. The highest BCUT2D eigenvalue weighted by molar-refractivity contribution is 7.99. The molecule has 0 unspecified atom stereocenters. The Morgan fingerprint density at radius 1 is 0.860 bits per heavy atom. The molecule has 214 valence electrons. The number of hydrogen-bond donors (Lipinski definition) is 1. The molecule has 0 radical (unpaired) electrons. The van der Waals surface area contributed by atoms with E-state index in [1.165, 1.54) is 22.9 Å². The molecular formula is C36H33N5OS. The zero-order valence-electron chi connectivity index (χ0n) is 24.7. The Kier molecular flexibility index (Phi) is 7.82. The molecule has 43 heavy (non-hydrogen) atoms. The number of nitrogens with zero attached hydrogens (tertiary/aromatic N) is 4. The van der Waals surface area contributed by atoms with Crippen LogP contribution in [0.15, 0.2) is 113 Å². The summed E-state index contributed by atoms with van der Waals surface area (Å²) in [5, 5.41) is 18.4. The number of amides is 1. The van der Waals surface area contributed by atoms with Crippen molar-refractivity contribution in [1.29, 1.82) is 0 Å². The van der Waals surface area contributed by atoms with Crippen LogP contribution in [0.2, 0.25) is 0 Å². The molecule has 6 rings (SSSR count). The summed E-state index contributed by atoms with van der Waals surface area (Å²) >= 11 is 1.33. The highest BCUT2D eigenvalue weighted by Crippen LogP contribution is 2.31. The fourth-order valence-corrected chi connectivity index (χ4v) is 5.86. The lowest BCUT2D eigenvalue weighted by atomic mass is 9.87. The van der Waals surface area contributed by atoms with Crippen LogP contribution >= 0.6 is 11.8 Å². The van der Waals surface area contributed by atoms with E-state index < -0.39 is 0 Å². The number of fused-ring (bicyclic) bond motifs is 2. The number of rotatable bonds is 7. The van der Waals surface area contributed by atoms with Gasteiger partial charge in [0.1, 0.15) is 0 Å². The van der Waals surface area contributed by atoms with Gasteiger partial charge in [0.15, 0.2) is 11.0 Å². The third-order valence-electron chi connectivity index (χ3n) is 7.46. The highest BCUT2D eigenvalue weighted by Gasteiger charge is 2.19. The number of carbonyl (C=O) groups is 1. The van der Waals surface area contributed by atoms with Crippen molar-refractivity contribution in [3.05, 3.63) is 120 Å². The Morgan fingerprint density at radius 3 is 2.12 bits per heavy atom. The minimum atomic E-state index is -0.222.